The number of rotatable bonds is 6. The van der Waals surface area contributed by atoms with Gasteiger partial charge in [-0.05, 0) is 55.0 Å². The molecule has 7 heteroatoms. The number of fused-ring (bicyclic) bond motifs is 1. The van der Waals surface area contributed by atoms with E-state index < -0.39 is 5.91 Å². The molecule has 0 aliphatic heterocycles. The van der Waals surface area contributed by atoms with Crippen LogP contribution in [0.1, 0.15) is 40.6 Å². The van der Waals surface area contributed by atoms with Crippen molar-refractivity contribution in [3.8, 4) is 5.75 Å². The molecule has 1 atom stereocenters. The molecule has 138 valence electrons. The molecule has 2 amide bonds. The second-order valence-electron chi connectivity index (χ2n) is 6.38. The third kappa shape index (κ3) is 4.19. The van der Waals surface area contributed by atoms with Crippen molar-refractivity contribution in [2.45, 2.75) is 32.6 Å². The maximum atomic E-state index is 12.3. The molecule has 3 N–H and O–H groups in total. The van der Waals surface area contributed by atoms with Gasteiger partial charge in [0.15, 0.2) is 6.61 Å². The zero-order valence-corrected chi connectivity index (χ0v) is 16.1. The first-order valence-electron chi connectivity index (χ1n) is 8.60. The van der Waals surface area contributed by atoms with Crippen LogP contribution in [-0.2, 0) is 17.6 Å². The maximum absolute atomic E-state index is 12.3. The van der Waals surface area contributed by atoms with E-state index >= 15 is 0 Å². The molecule has 0 spiro atoms. The number of halogens is 1. The van der Waals surface area contributed by atoms with Gasteiger partial charge in [0.25, 0.3) is 11.8 Å². The topological polar surface area (TPSA) is 81.4 Å². The van der Waals surface area contributed by atoms with Crippen LogP contribution in [0.3, 0.4) is 0 Å². The number of amides is 2. The average molecular weight is 393 g/mol. The number of carbonyl (C=O) groups is 2. The third-order valence-electron chi connectivity index (χ3n) is 4.63. The lowest BCUT2D eigenvalue weighted by molar-refractivity contribution is -0.118. The zero-order chi connectivity index (χ0) is 18.7. The van der Waals surface area contributed by atoms with E-state index in [0.29, 0.717) is 27.3 Å². The van der Waals surface area contributed by atoms with Gasteiger partial charge in [-0.25, -0.2) is 0 Å². The number of anilines is 1. The Morgan fingerprint density at radius 3 is 2.73 bits per heavy atom. The number of hydrogen-bond acceptors (Lipinski definition) is 4. The summed E-state index contributed by atoms with van der Waals surface area (Å²) in [6, 6.07) is 6.77. The summed E-state index contributed by atoms with van der Waals surface area (Å²) in [6.07, 6.45) is 3.93. The largest absolute Gasteiger partial charge is 0.484 e. The quantitative estimate of drug-likeness (QED) is 0.778. The van der Waals surface area contributed by atoms with Gasteiger partial charge < -0.3 is 15.8 Å². The fourth-order valence-electron chi connectivity index (χ4n) is 3.19. The van der Waals surface area contributed by atoms with E-state index in [1.807, 2.05) is 0 Å². The standard InChI is InChI=1S/C19H21ClN2O3S/c1-2-11-3-8-14-15(9-11)26-19(17(14)18(21)24)22-16(23)10-25-13-6-4-12(20)5-7-13/h4-7,11H,2-3,8-10H2,1H3,(H2,21,24)(H,22,23)/t11-/m1/s1. The van der Waals surface area contributed by atoms with E-state index in [9.17, 15) is 9.59 Å². The van der Waals surface area contributed by atoms with E-state index in [0.717, 1.165) is 36.1 Å². The summed E-state index contributed by atoms with van der Waals surface area (Å²) in [6.45, 7) is 2.02. The fraction of sp³-hybridized carbons (Fsp3) is 0.368. The Kier molecular flexibility index (Phi) is 5.84. The van der Waals surface area contributed by atoms with Gasteiger partial charge >= 0.3 is 0 Å². The number of carbonyl (C=O) groups excluding carboxylic acids is 2. The molecule has 0 bridgehead atoms. The Hall–Kier alpha value is -2.05. The molecule has 1 aliphatic rings. The number of nitrogens with one attached hydrogen (secondary N) is 1. The van der Waals surface area contributed by atoms with Gasteiger partial charge in [-0.1, -0.05) is 24.9 Å². The smallest absolute Gasteiger partial charge is 0.262 e. The third-order valence-corrected chi connectivity index (χ3v) is 6.05. The highest BCUT2D eigenvalue weighted by atomic mass is 35.5. The van der Waals surface area contributed by atoms with Gasteiger partial charge in [-0.3, -0.25) is 9.59 Å². The highest BCUT2D eigenvalue weighted by Crippen LogP contribution is 2.40. The molecule has 26 heavy (non-hydrogen) atoms. The van der Waals surface area contributed by atoms with Crippen LogP contribution in [0.15, 0.2) is 24.3 Å². The summed E-state index contributed by atoms with van der Waals surface area (Å²) in [7, 11) is 0. The van der Waals surface area contributed by atoms with Crippen LogP contribution in [-0.4, -0.2) is 18.4 Å². The lowest BCUT2D eigenvalue weighted by Gasteiger charge is -2.20. The molecule has 1 heterocycles. The van der Waals surface area contributed by atoms with Crippen LogP contribution in [0.5, 0.6) is 5.75 Å². The van der Waals surface area contributed by atoms with Crippen molar-refractivity contribution in [2.75, 3.05) is 11.9 Å². The number of thiophene rings is 1. The first-order valence-corrected chi connectivity index (χ1v) is 9.80. The Morgan fingerprint density at radius 2 is 2.08 bits per heavy atom. The van der Waals surface area contributed by atoms with Crippen LogP contribution in [0.2, 0.25) is 5.02 Å². The molecule has 0 unspecified atom stereocenters. The minimum atomic E-state index is -0.494. The fourth-order valence-corrected chi connectivity index (χ4v) is 4.70. The Labute approximate surface area is 161 Å². The van der Waals surface area contributed by atoms with Gasteiger partial charge in [0.2, 0.25) is 0 Å². The molecule has 1 aromatic heterocycles. The number of primary amides is 1. The van der Waals surface area contributed by atoms with Gasteiger partial charge in [-0.2, -0.15) is 0 Å². The van der Waals surface area contributed by atoms with Gasteiger partial charge in [0.1, 0.15) is 10.8 Å². The van der Waals surface area contributed by atoms with Crippen molar-refractivity contribution in [3.05, 3.63) is 45.3 Å². The monoisotopic (exact) mass is 392 g/mol. The van der Waals surface area contributed by atoms with Crippen LogP contribution in [0, 0.1) is 5.92 Å². The highest BCUT2D eigenvalue weighted by molar-refractivity contribution is 7.17. The van der Waals surface area contributed by atoms with E-state index in [2.05, 4.69) is 12.2 Å². The Morgan fingerprint density at radius 1 is 1.35 bits per heavy atom. The van der Waals surface area contributed by atoms with Crippen molar-refractivity contribution in [2.24, 2.45) is 11.7 Å². The minimum Gasteiger partial charge on any atom is -0.484 e. The average Bonchev–Trinajstić information content (AvgIpc) is 2.98. The van der Waals surface area contributed by atoms with E-state index in [1.165, 1.54) is 11.3 Å². The molecule has 5 nitrogen and oxygen atoms in total. The highest BCUT2D eigenvalue weighted by Gasteiger charge is 2.28. The van der Waals surface area contributed by atoms with Gasteiger partial charge in [0, 0.05) is 9.90 Å². The summed E-state index contributed by atoms with van der Waals surface area (Å²) < 4.78 is 5.45. The molecule has 3 rings (SSSR count). The van der Waals surface area contributed by atoms with Crippen LogP contribution < -0.4 is 15.8 Å². The van der Waals surface area contributed by atoms with Crippen LogP contribution in [0.4, 0.5) is 5.00 Å². The molecule has 0 radical (unpaired) electrons. The molecule has 2 aromatic rings. The predicted molar refractivity (Wildman–Crippen MR) is 104 cm³/mol. The SMILES string of the molecule is CC[C@@H]1CCc2c(sc(NC(=O)COc3ccc(Cl)cc3)c2C(N)=O)C1. The summed E-state index contributed by atoms with van der Waals surface area (Å²) in [5, 5.41) is 3.92. The van der Waals surface area contributed by atoms with Crippen molar-refractivity contribution in [1.82, 2.24) is 0 Å². The van der Waals surface area contributed by atoms with E-state index in [1.54, 1.807) is 24.3 Å². The van der Waals surface area contributed by atoms with Crippen LogP contribution >= 0.6 is 22.9 Å². The molecule has 0 fully saturated rings. The summed E-state index contributed by atoms with van der Waals surface area (Å²) >= 11 is 7.28. The van der Waals surface area contributed by atoms with Crippen molar-refractivity contribution in [1.29, 1.82) is 0 Å². The van der Waals surface area contributed by atoms with Gasteiger partial charge in [-0.15, -0.1) is 11.3 Å². The maximum Gasteiger partial charge on any atom is 0.262 e. The second kappa shape index (κ2) is 8.10. The summed E-state index contributed by atoms with van der Waals surface area (Å²) in [4.78, 5) is 25.3. The Bertz CT molecular complexity index is 817. The van der Waals surface area contributed by atoms with Crippen molar-refractivity contribution in [3.63, 3.8) is 0 Å². The lowest BCUT2D eigenvalue weighted by atomic mass is 9.85. The number of hydrogen-bond donors (Lipinski definition) is 2. The first kappa shape index (κ1) is 18.7. The number of nitrogens with two attached hydrogens (primary N) is 1. The zero-order valence-electron chi connectivity index (χ0n) is 14.5. The normalized spacial score (nSPS) is 16.0. The van der Waals surface area contributed by atoms with Crippen LogP contribution in [0.25, 0.3) is 0 Å². The molecular weight excluding hydrogens is 372 g/mol. The molecular formula is C19H21ClN2O3S. The summed E-state index contributed by atoms with van der Waals surface area (Å²) in [5.74, 6) is 0.356. The molecule has 1 aromatic carbocycles. The predicted octanol–water partition coefficient (Wildman–Crippen LogP) is 4.03. The van der Waals surface area contributed by atoms with Crippen molar-refractivity contribution < 1.29 is 14.3 Å². The molecule has 0 saturated heterocycles. The van der Waals surface area contributed by atoms with Gasteiger partial charge in [0.05, 0.1) is 5.56 Å². The number of ether oxygens (including phenoxy) is 1. The summed E-state index contributed by atoms with van der Waals surface area (Å²) in [5.41, 5.74) is 7.04. The lowest BCUT2D eigenvalue weighted by Crippen LogP contribution is -2.22. The molecule has 0 saturated carbocycles. The minimum absolute atomic E-state index is 0.153. The molecule has 1 aliphatic carbocycles. The van der Waals surface area contributed by atoms with E-state index in [-0.39, 0.29) is 12.5 Å². The Balaban J connectivity index is 1.70. The van der Waals surface area contributed by atoms with Crippen molar-refractivity contribution >= 4 is 39.8 Å². The second-order valence-corrected chi connectivity index (χ2v) is 7.92. The van der Waals surface area contributed by atoms with E-state index in [4.69, 9.17) is 22.1 Å². The number of benzene rings is 1. The first-order chi connectivity index (χ1) is 12.5.